The molecule has 1 aliphatic rings. The summed E-state index contributed by atoms with van der Waals surface area (Å²) in [5.41, 5.74) is 4.93. The highest BCUT2D eigenvalue weighted by molar-refractivity contribution is 5.98. The minimum Gasteiger partial charge on any atom is -0.377 e. The second-order valence-corrected chi connectivity index (χ2v) is 8.83. The molecule has 1 aliphatic heterocycles. The standard InChI is InChI=1S/C27H25N5O2/c1-17-16-34-13-12-32(17)27-22-14-18(19-7-9-25(33)31(2)15-19)6-8-24(22)29-26(30-27)21-4-3-5-23-20(21)10-11-28-23/h3-11,14-15,17,28H,12-13,16H2,1-2H3/t17-/m1/s1. The Kier molecular flexibility index (Phi) is 4.92. The summed E-state index contributed by atoms with van der Waals surface area (Å²) in [4.78, 5) is 27.6. The molecule has 0 saturated carbocycles. The lowest BCUT2D eigenvalue weighted by atomic mass is 10.0. The van der Waals surface area contributed by atoms with E-state index in [1.54, 1.807) is 17.7 Å². The average molecular weight is 452 g/mol. The number of anilines is 1. The molecular weight excluding hydrogens is 426 g/mol. The van der Waals surface area contributed by atoms with Crippen molar-refractivity contribution in [2.75, 3.05) is 24.7 Å². The highest BCUT2D eigenvalue weighted by Crippen LogP contribution is 2.34. The van der Waals surface area contributed by atoms with Crippen LogP contribution in [0.1, 0.15) is 6.92 Å². The number of aryl methyl sites for hydroxylation is 1. The first-order valence-electron chi connectivity index (χ1n) is 11.5. The first kappa shape index (κ1) is 20.6. The van der Waals surface area contributed by atoms with Crippen LogP contribution in [-0.4, -0.2) is 45.3 Å². The van der Waals surface area contributed by atoms with Crippen molar-refractivity contribution < 1.29 is 4.74 Å². The number of aromatic amines is 1. The molecule has 1 saturated heterocycles. The predicted molar refractivity (Wildman–Crippen MR) is 135 cm³/mol. The lowest BCUT2D eigenvalue weighted by Crippen LogP contribution is -2.44. The molecule has 7 heteroatoms. The van der Waals surface area contributed by atoms with E-state index < -0.39 is 0 Å². The van der Waals surface area contributed by atoms with Crippen molar-refractivity contribution in [2.24, 2.45) is 7.05 Å². The molecule has 5 aromatic rings. The van der Waals surface area contributed by atoms with Crippen LogP contribution in [0.2, 0.25) is 0 Å². The molecule has 0 amide bonds. The monoisotopic (exact) mass is 451 g/mol. The van der Waals surface area contributed by atoms with Gasteiger partial charge in [-0.05, 0) is 48.4 Å². The number of nitrogens with one attached hydrogen (secondary N) is 1. The molecule has 3 aromatic heterocycles. The molecule has 2 aromatic carbocycles. The minimum absolute atomic E-state index is 0.0284. The molecule has 0 radical (unpaired) electrons. The molecule has 0 spiro atoms. The van der Waals surface area contributed by atoms with E-state index in [0.717, 1.165) is 50.9 Å². The van der Waals surface area contributed by atoms with Crippen LogP contribution < -0.4 is 10.5 Å². The van der Waals surface area contributed by atoms with E-state index in [9.17, 15) is 4.79 Å². The van der Waals surface area contributed by atoms with Crippen molar-refractivity contribution in [3.63, 3.8) is 0 Å². The Bertz CT molecular complexity index is 1590. The molecule has 6 rings (SSSR count). The lowest BCUT2D eigenvalue weighted by Gasteiger charge is -2.35. The third-order valence-corrected chi connectivity index (χ3v) is 6.57. The van der Waals surface area contributed by atoms with Crippen LogP contribution in [0.5, 0.6) is 0 Å². The Morgan fingerprint density at radius 2 is 1.91 bits per heavy atom. The average Bonchev–Trinajstić information content (AvgIpc) is 3.34. The van der Waals surface area contributed by atoms with Gasteiger partial charge in [-0.3, -0.25) is 4.79 Å². The zero-order chi connectivity index (χ0) is 23.2. The van der Waals surface area contributed by atoms with Crippen molar-refractivity contribution in [3.05, 3.63) is 77.3 Å². The second-order valence-electron chi connectivity index (χ2n) is 8.83. The number of benzene rings is 2. The van der Waals surface area contributed by atoms with Gasteiger partial charge in [0.2, 0.25) is 5.56 Å². The number of hydrogen-bond donors (Lipinski definition) is 1. The van der Waals surface area contributed by atoms with Gasteiger partial charge in [0, 0.05) is 53.9 Å². The number of H-pyrrole nitrogens is 1. The predicted octanol–water partition coefficient (Wildman–Crippen LogP) is 4.37. The summed E-state index contributed by atoms with van der Waals surface area (Å²) in [6, 6.07) is 18.1. The van der Waals surface area contributed by atoms with E-state index in [-0.39, 0.29) is 11.6 Å². The minimum atomic E-state index is -0.0284. The molecule has 1 atom stereocenters. The molecule has 1 N–H and O–H groups in total. The molecule has 0 aliphatic carbocycles. The Morgan fingerprint density at radius 3 is 2.76 bits per heavy atom. The molecule has 34 heavy (non-hydrogen) atoms. The van der Waals surface area contributed by atoms with Gasteiger partial charge in [0.1, 0.15) is 5.82 Å². The number of ether oxygens (including phenoxy) is 1. The van der Waals surface area contributed by atoms with Crippen molar-refractivity contribution >= 4 is 27.6 Å². The Labute approximate surface area is 196 Å². The van der Waals surface area contributed by atoms with Gasteiger partial charge in [0.05, 0.1) is 24.8 Å². The first-order chi connectivity index (χ1) is 16.6. The largest absolute Gasteiger partial charge is 0.377 e. The maximum absolute atomic E-state index is 11.9. The van der Waals surface area contributed by atoms with E-state index in [0.29, 0.717) is 19.0 Å². The van der Waals surface area contributed by atoms with E-state index in [4.69, 9.17) is 14.7 Å². The number of nitrogens with zero attached hydrogens (tertiary/aromatic N) is 4. The van der Waals surface area contributed by atoms with Gasteiger partial charge in [0.15, 0.2) is 5.82 Å². The summed E-state index contributed by atoms with van der Waals surface area (Å²) < 4.78 is 7.30. The normalized spacial score (nSPS) is 16.4. The zero-order valence-corrected chi connectivity index (χ0v) is 19.2. The maximum Gasteiger partial charge on any atom is 0.250 e. The van der Waals surface area contributed by atoms with Gasteiger partial charge in [-0.1, -0.05) is 18.2 Å². The number of pyridine rings is 1. The summed E-state index contributed by atoms with van der Waals surface area (Å²) in [5.74, 6) is 1.62. The van der Waals surface area contributed by atoms with Crippen molar-refractivity contribution in [3.8, 4) is 22.5 Å². The molecule has 0 bridgehead atoms. The maximum atomic E-state index is 11.9. The van der Waals surface area contributed by atoms with Crippen LogP contribution in [0.15, 0.2) is 71.8 Å². The third kappa shape index (κ3) is 3.45. The van der Waals surface area contributed by atoms with Gasteiger partial charge in [-0.15, -0.1) is 0 Å². The fraction of sp³-hybridized carbons (Fsp3) is 0.222. The van der Waals surface area contributed by atoms with Crippen LogP contribution in [0.3, 0.4) is 0 Å². The lowest BCUT2D eigenvalue weighted by molar-refractivity contribution is 0.0987. The van der Waals surface area contributed by atoms with Crippen molar-refractivity contribution in [1.29, 1.82) is 0 Å². The van der Waals surface area contributed by atoms with Gasteiger partial charge >= 0.3 is 0 Å². The van der Waals surface area contributed by atoms with Crippen LogP contribution >= 0.6 is 0 Å². The van der Waals surface area contributed by atoms with Crippen LogP contribution in [-0.2, 0) is 11.8 Å². The molecular formula is C27H25N5O2. The highest BCUT2D eigenvalue weighted by atomic mass is 16.5. The number of morpholine rings is 1. The smallest absolute Gasteiger partial charge is 0.250 e. The van der Waals surface area contributed by atoms with Gasteiger partial charge in [0.25, 0.3) is 0 Å². The fourth-order valence-electron chi connectivity index (χ4n) is 4.72. The fourth-order valence-corrected chi connectivity index (χ4v) is 4.72. The Hall–Kier alpha value is -3.97. The Morgan fingerprint density at radius 1 is 1.03 bits per heavy atom. The molecule has 170 valence electrons. The zero-order valence-electron chi connectivity index (χ0n) is 19.2. The molecule has 1 fully saturated rings. The summed E-state index contributed by atoms with van der Waals surface area (Å²) in [6.07, 6.45) is 3.81. The topological polar surface area (TPSA) is 76.0 Å². The second kappa shape index (κ2) is 8.11. The molecule has 0 unspecified atom stereocenters. The van der Waals surface area contributed by atoms with Crippen LogP contribution in [0.4, 0.5) is 5.82 Å². The van der Waals surface area contributed by atoms with Gasteiger partial charge < -0.3 is 19.2 Å². The Balaban J connectivity index is 1.58. The van der Waals surface area contributed by atoms with E-state index in [1.165, 1.54) is 0 Å². The quantitative estimate of drug-likeness (QED) is 0.441. The number of aromatic nitrogens is 4. The van der Waals surface area contributed by atoms with Gasteiger partial charge in [-0.25, -0.2) is 9.97 Å². The summed E-state index contributed by atoms with van der Waals surface area (Å²) in [6.45, 7) is 4.26. The summed E-state index contributed by atoms with van der Waals surface area (Å²) in [7, 11) is 1.77. The molecule has 4 heterocycles. The van der Waals surface area contributed by atoms with Crippen molar-refractivity contribution in [2.45, 2.75) is 13.0 Å². The van der Waals surface area contributed by atoms with Crippen LogP contribution in [0.25, 0.3) is 44.3 Å². The number of hydrogen-bond acceptors (Lipinski definition) is 5. The SMILES string of the molecule is C[C@@H]1COCCN1c1nc(-c2cccc3[nH]ccc23)nc2ccc(-c3ccc(=O)n(C)c3)cc12. The third-order valence-electron chi connectivity index (χ3n) is 6.57. The summed E-state index contributed by atoms with van der Waals surface area (Å²) in [5, 5.41) is 2.09. The van der Waals surface area contributed by atoms with E-state index >= 15 is 0 Å². The highest BCUT2D eigenvalue weighted by Gasteiger charge is 2.24. The van der Waals surface area contributed by atoms with E-state index in [1.807, 2.05) is 30.6 Å². The molecule has 7 nitrogen and oxygen atoms in total. The number of fused-ring (bicyclic) bond motifs is 2. The summed E-state index contributed by atoms with van der Waals surface area (Å²) >= 11 is 0. The van der Waals surface area contributed by atoms with E-state index in [2.05, 4.69) is 47.1 Å². The van der Waals surface area contributed by atoms with Crippen molar-refractivity contribution in [1.82, 2.24) is 19.5 Å². The van der Waals surface area contributed by atoms with Crippen LogP contribution in [0, 0.1) is 0 Å². The number of rotatable bonds is 3. The van der Waals surface area contributed by atoms with Gasteiger partial charge in [-0.2, -0.15) is 0 Å². The first-order valence-corrected chi connectivity index (χ1v) is 11.5.